The molecule has 0 aliphatic carbocycles. The minimum Gasteiger partial charge on any atom is -0.399 e. The van der Waals surface area contributed by atoms with Crippen molar-refractivity contribution in [1.82, 2.24) is 0 Å². The lowest BCUT2D eigenvalue weighted by molar-refractivity contribution is 0.624. The molecular formula is C13H9F2N3. The predicted octanol–water partition coefficient (Wildman–Crippen LogP) is 3.16. The van der Waals surface area contributed by atoms with Gasteiger partial charge in [-0.15, -0.1) is 0 Å². The maximum Gasteiger partial charge on any atom is 0.141 e. The van der Waals surface area contributed by atoms with E-state index in [9.17, 15) is 8.78 Å². The summed E-state index contributed by atoms with van der Waals surface area (Å²) in [6.07, 6.45) is 0. The maximum atomic E-state index is 13.1. The van der Waals surface area contributed by atoms with E-state index in [0.717, 1.165) is 0 Å². The number of benzene rings is 2. The molecule has 0 aromatic heterocycles. The lowest BCUT2D eigenvalue weighted by Crippen LogP contribution is -1.95. The van der Waals surface area contributed by atoms with Crippen molar-refractivity contribution in [1.29, 1.82) is 5.26 Å². The molecule has 0 heterocycles. The van der Waals surface area contributed by atoms with E-state index in [-0.39, 0.29) is 11.3 Å². The van der Waals surface area contributed by atoms with Gasteiger partial charge in [-0.2, -0.15) is 5.26 Å². The molecule has 90 valence electrons. The fourth-order valence-electron chi connectivity index (χ4n) is 1.54. The summed E-state index contributed by atoms with van der Waals surface area (Å²) in [5.74, 6) is -1.07. The van der Waals surface area contributed by atoms with E-state index in [4.69, 9.17) is 11.0 Å². The van der Waals surface area contributed by atoms with Gasteiger partial charge in [0.25, 0.3) is 0 Å². The van der Waals surface area contributed by atoms with E-state index in [2.05, 4.69) is 5.32 Å². The highest BCUT2D eigenvalue weighted by Crippen LogP contribution is 2.22. The molecule has 0 saturated carbocycles. The normalized spacial score (nSPS) is 9.83. The third-order valence-corrected chi connectivity index (χ3v) is 2.30. The van der Waals surface area contributed by atoms with E-state index in [1.807, 2.05) is 0 Å². The van der Waals surface area contributed by atoms with E-state index < -0.39 is 11.6 Å². The fraction of sp³-hybridized carbons (Fsp3) is 0. The first kappa shape index (κ1) is 11.9. The summed E-state index contributed by atoms with van der Waals surface area (Å²) in [5, 5.41) is 11.5. The number of nitrogens with two attached hydrogens (primary N) is 1. The number of nitrogen functional groups attached to an aromatic ring is 1. The Bertz CT molecular complexity index is 612. The number of halogens is 2. The summed E-state index contributed by atoms with van der Waals surface area (Å²) in [6, 6.07) is 9.69. The van der Waals surface area contributed by atoms with Gasteiger partial charge in [-0.25, -0.2) is 8.78 Å². The Morgan fingerprint density at radius 2 is 1.83 bits per heavy atom. The molecule has 0 saturated heterocycles. The van der Waals surface area contributed by atoms with Crippen LogP contribution in [0.3, 0.4) is 0 Å². The number of hydrogen-bond donors (Lipinski definition) is 2. The summed E-state index contributed by atoms with van der Waals surface area (Å²) < 4.78 is 26.2. The summed E-state index contributed by atoms with van der Waals surface area (Å²) in [6.45, 7) is 0. The Hall–Kier alpha value is -2.61. The van der Waals surface area contributed by atoms with E-state index in [1.165, 1.54) is 30.3 Å². The van der Waals surface area contributed by atoms with Gasteiger partial charge in [0, 0.05) is 17.1 Å². The first-order valence-electron chi connectivity index (χ1n) is 5.11. The van der Waals surface area contributed by atoms with Crippen LogP contribution in [0.2, 0.25) is 0 Å². The molecule has 0 unspecified atom stereocenters. The smallest absolute Gasteiger partial charge is 0.141 e. The second-order valence-corrected chi connectivity index (χ2v) is 3.70. The van der Waals surface area contributed by atoms with Gasteiger partial charge in [-0.05, 0) is 36.4 Å². The molecule has 2 aromatic carbocycles. The van der Waals surface area contributed by atoms with Gasteiger partial charge >= 0.3 is 0 Å². The number of anilines is 3. The molecule has 3 nitrogen and oxygen atoms in total. The van der Waals surface area contributed by atoms with Crippen molar-refractivity contribution in [2.24, 2.45) is 0 Å². The standard InChI is InChI=1S/C13H9F2N3/c14-9-4-10(17)6-12(5-9)18-11-1-2-13(15)8(3-11)7-16/h1-6,18H,17H2. The topological polar surface area (TPSA) is 61.8 Å². The Balaban J connectivity index is 2.31. The van der Waals surface area contributed by atoms with Crippen LogP contribution in [0, 0.1) is 23.0 Å². The van der Waals surface area contributed by atoms with Crippen LogP contribution in [0.1, 0.15) is 5.56 Å². The van der Waals surface area contributed by atoms with Crippen LogP contribution in [-0.4, -0.2) is 0 Å². The molecule has 0 spiro atoms. The van der Waals surface area contributed by atoms with E-state index in [1.54, 1.807) is 12.1 Å². The number of nitrogens with one attached hydrogen (secondary N) is 1. The minimum atomic E-state index is -0.596. The number of nitrogens with zero attached hydrogens (tertiary/aromatic N) is 1. The molecule has 0 amide bonds. The van der Waals surface area contributed by atoms with Crippen molar-refractivity contribution in [3.05, 3.63) is 53.6 Å². The summed E-state index contributed by atoms with van der Waals surface area (Å²) in [7, 11) is 0. The summed E-state index contributed by atoms with van der Waals surface area (Å²) in [4.78, 5) is 0. The van der Waals surface area contributed by atoms with Gasteiger partial charge in [0.1, 0.15) is 17.7 Å². The third-order valence-electron chi connectivity index (χ3n) is 2.30. The Morgan fingerprint density at radius 3 is 2.50 bits per heavy atom. The zero-order valence-electron chi connectivity index (χ0n) is 9.24. The maximum absolute atomic E-state index is 13.1. The lowest BCUT2D eigenvalue weighted by atomic mass is 10.2. The van der Waals surface area contributed by atoms with E-state index in [0.29, 0.717) is 11.4 Å². The van der Waals surface area contributed by atoms with Crippen LogP contribution in [0.15, 0.2) is 36.4 Å². The van der Waals surface area contributed by atoms with Crippen molar-refractivity contribution in [3.63, 3.8) is 0 Å². The van der Waals surface area contributed by atoms with Gasteiger partial charge in [-0.1, -0.05) is 0 Å². The minimum absolute atomic E-state index is 0.0793. The lowest BCUT2D eigenvalue weighted by Gasteiger charge is -2.08. The third kappa shape index (κ3) is 2.55. The summed E-state index contributed by atoms with van der Waals surface area (Å²) >= 11 is 0. The second-order valence-electron chi connectivity index (χ2n) is 3.70. The van der Waals surface area contributed by atoms with Gasteiger partial charge in [0.15, 0.2) is 0 Å². The van der Waals surface area contributed by atoms with Gasteiger partial charge < -0.3 is 11.1 Å². The SMILES string of the molecule is N#Cc1cc(Nc2cc(N)cc(F)c2)ccc1F. The van der Waals surface area contributed by atoms with Crippen LogP contribution < -0.4 is 11.1 Å². The Labute approximate surface area is 102 Å². The van der Waals surface area contributed by atoms with Crippen LogP contribution in [0.25, 0.3) is 0 Å². The van der Waals surface area contributed by atoms with Crippen molar-refractivity contribution >= 4 is 17.1 Å². The van der Waals surface area contributed by atoms with Crippen molar-refractivity contribution in [3.8, 4) is 6.07 Å². The van der Waals surface area contributed by atoms with Crippen LogP contribution >= 0.6 is 0 Å². The predicted molar refractivity (Wildman–Crippen MR) is 65.2 cm³/mol. The van der Waals surface area contributed by atoms with Crippen LogP contribution in [0.5, 0.6) is 0 Å². The van der Waals surface area contributed by atoms with E-state index >= 15 is 0 Å². The molecule has 0 bridgehead atoms. The molecule has 0 aliphatic heterocycles. The largest absolute Gasteiger partial charge is 0.399 e. The zero-order valence-corrected chi connectivity index (χ0v) is 9.24. The molecule has 3 N–H and O–H groups in total. The first-order valence-corrected chi connectivity index (χ1v) is 5.11. The second kappa shape index (κ2) is 4.72. The summed E-state index contributed by atoms with van der Waals surface area (Å²) in [5.41, 5.74) is 6.62. The van der Waals surface area contributed by atoms with Gasteiger partial charge in [0.2, 0.25) is 0 Å². The van der Waals surface area contributed by atoms with Gasteiger partial charge in [-0.3, -0.25) is 0 Å². The Kier molecular flexibility index (Phi) is 3.11. The van der Waals surface area contributed by atoms with Crippen molar-refractivity contribution < 1.29 is 8.78 Å². The average molecular weight is 245 g/mol. The molecule has 0 aliphatic rings. The average Bonchev–Trinajstić information content (AvgIpc) is 2.30. The fourth-order valence-corrected chi connectivity index (χ4v) is 1.54. The number of hydrogen-bond acceptors (Lipinski definition) is 3. The molecule has 2 aromatic rings. The quantitative estimate of drug-likeness (QED) is 0.799. The number of nitriles is 1. The molecule has 18 heavy (non-hydrogen) atoms. The molecule has 0 fully saturated rings. The molecule has 0 atom stereocenters. The van der Waals surface area contributed by atoms with Crippen molar-refractivity contribution in [2.45, 2.75) is 0 Å². The highest BCUT2D eigenvalue weighted by molar-refractivity contribution is 5.64. The zero-order chi connectivity index (χ0) is 13.1. The van der Waals surface area contributed by atoms with Crippen molar-refractivity contribution in [2.75, 3.05) is 11.1 Å². The molecule has 2 rings (SSSR count). The highest BCUT2D eigenvalue weighted by Gasteiger charge is 2.04. The van der Waals surface area contributed by atoms with Crippen LogP contribution in [-0.2, 0) is 0 Å². The molecule has 0 radical (unpaired) electrons. The van der Waals surface area contributed by atoms with Gasteiger partial charge in [0.05, 0.1) is 5.56 Å². The molecule has 5 heteroatoms. The Morgan fingerprint density at radius 1 is 1.06 bits per heavy atom. The van der Waals surface area contributed by atoms with Crippen LogP contribution in [0.4, 0.5) is 25.8 Å². The first-order chi connectivity index (χ1) is 8.58. The molecular weight excluding hydrogens is 236 g/mol. The monoisotopic (exact) mass is 245 g/mol. The number of rotatable bonds is 2. The highest BCUT2D eigenvalue weighted by atomic mass is 19.1.